The summed E-state index contributed by atoms with van der Waals surface area (Å²) in [7, 11) is -4.13. The molecule has 0 radical (unpaired) electrons. The van der Waals surface area contributed by atoms with E-state index in [2.05, 4.69) is 5.32 Å². The van der Waals surface area contributed by atoms with Gasteiger partial charge in [0.2, 0.25) is 11.8 Å². The molecule has 0 aromatic heterocycles. The van der Waals surface area contributed by atoms with Crippen molar-refractivity contribution < 1.29 is 18.0 Å². The van der Waals surface area contributed by atoms with Crippen LogP contribution >= 0.6 is 11.6 Å². The second kappa shape index (κ2) is 14.4. The Hall–Kier alpha value is -4.14. The standard InChI is InChI=1S/C34H36ClN3O4S/c1-25(2)36-34(40)32(22-27-11-6-4-7-12-27)37(23-28-13-10-14-29(35)21-28)33(39)24-38(30-19-17-26(3)18-20-30)43(41,42)31-15-8-5-9-16-31/h4-21,25,32H,22-24H2,1-3H3,(H,36,40). The van der Waals surface area contributed by atoms with Crippen LogP contribution in [0.2, 0.25) is 5.02 Å². The van der Waals surface area contributed by atoms with Crippen molar-refractivity contribution in [3.8, 4) is 0 Å². The van der Waals surface area contributed by atoms with Gasteiger partial charge in [-0.2, -0.15) is 0 Å². The molecule has 4 aromatic rings. The number of hydrogen-bond acceptors (Lipinski definition) is 4. The highest BCUT2D eigenvalue weighted by Gasteiger charge is 2.34. The summed E-state index contributed by atoms with van der Waals surface area (Å²) in [5, 5.41) is 3.44. The number of sulfonamides is 1. The van der Waals surface area contributed by atoms with E-state index in [1.54, 1.807) is 60.7 Å². The molecule has 2 amide bonds. The van der Waals surface area contributed by atoms with E-state index >= 15 is 0 Å². The summed E-state index contributed by atoms with van der Waals surface area (Å²) in [5.74, 6) is -0.859. The van der Waals surface area contributed by atoms with Gasteiger partial charge >= 0.3 is 0 Å². The van der Waals surface area contributed by atoms with Gasteiger partial charge < -0.3 is 10.2 Å². The number of amides is 2. The maximum Gasteiger partial charge on any atom is 0.264 e. The summed E-state index contributed by atoms with van der Waals surface area (Å²) in [6, 6.07) is 30.4. The molecule has 7 nitrogen and oxygen atoms in total. The topological polar surface area (TPSA) is 86.8 Å². The monoisotopic (exact) mass is 617 g/mol. The summed E-state index contributed by atoms with van der Waals surface area (Å²) in [6.07, 6.45) is 0.238. The minimum absolute atomic E-state index is 0.0511. The van der Waals surface area contributed by atoms with Crippen LogP contribution in [0.25, 0.3) is 0 Å². The first kappa shape index (κ1) is 31.8. The number of aryl methyl sites for hydroxylation is 1. The molecule has 4 aromatic carbocycles. The van der Waals surface area contributed by atoms with Gasteiger partial charge in [-0.25, -0.2) is 8.42 Å². The van der Waals surface area contributed by atoms with Gasteiger partial charge in [0.05, 0.1) is 10.6 Å². The number of nitrogens with zero attached hydrogens (tertiary/aromatic N) is 2. The molecule has 0 heterocycles. The van der Waals surface area contributed by atoms with Crippen LogP contribution in [-0.4, -0.2) is 43.8 Å². The van der Waals surface area contributed by atoms with Gasteiger partial charge in [0.1, 0.15) is 12.6 Å². The van der Waals surface area contributed by atoms with Gasteiger partial charge in [0.25, 0.3) is 10.0 Å². The molecule has 1 unspecified atom stereocenters. The Bertz CT molecular complexity index is 1630. The van der Waals surface area contributed by atoms with Crippen LogP contribution in [0, 0.1) is 6.92 Å². The highest BCUT2D eigenvalue weighted by molar-refractivity contribution is 7.92. The fourth-order valence-electron chi connectivity index (χ4n) is 4.73. The third-order valence-electron chi connectivity index (χ3n) is 6.88. The predicted octanol–water partition coefficient (Wildman–Crippen LogP) is 6.01. The molecule has 0 spiro atoms. The minimum Gasteiger partial charge on any atom is -0.352 e. The van der Waals surface area contributed by atoms with Crippen molar-refractivity contribution in [2.75, 3.05) is 10.8 Å². The lowest BCUT2D eigenvalue weighted by molar-refractivity contribution is -0.140. The van der Waals surface area contributed by atoms with Crippen molar-refractivity contribution >= 4 is 39.1 Å². The van der Waals surface area contributed by atoms with Crippen molar-refractivity contribution in [1.82, 2.24) is 10.2 Å². The lowest BCUT2D eigenvalue weighted by Gasteiger charge is -2.34. The van der Waals surface area contributed by atoms with Crippen molar-refractivity contribution in [3.63, 3.8) is 0 Å². The number of hydrogen-bond donors (Lipinski definition) is 1. The van der Waals surface area contributed by atoms with Crippen LogP contribution in [-0.2, 0) is 32.6 Å². The third kappa shape index (κ3) is 8.46. The first-order chi connectivity index (χ1) is 20.5. The van der Waals surface area contributed by atoms with Crippen molar-refractivity contribution in [3.05, 3.63) is 131 Å². The van der Waals surface area contributed by atoms with Crippen molar-refractivity contribution in [2.24, 2.45) is 0 Å². The maximum atomic E-state index is 14.4. The highest BCUT2D eigenvalue weighted by Crippen LogP contribution is 2.25. The van der Waals surface area contributed by atoms with E-state index in [1.807, 2.05) is 57.2 Å². The molecule has 9 heteroatoms. The molecule has 224 valence electrons. The number of halogens is 1. The molecule has 0 aliphatic rings. The lowest BCUT2D eigenvalue weighted by Crippen LogP contribution is -2.54. The molecule has 1 atom stereocenters. The molecular weight excluding hydrogens is 582 g/mol. The zero-order chi connectivity index (χ0) is 31.0. The Kier molecular flexibility index (Phi) is 10.6. The van der Waals surface area contributed by atoms with Crippen molar-refractivity contribution in [2.45, 2.75) is 50.7 Å². The van der Waals surface area contributed by atoms with Crippen molar-refractivity contribution in [1.29, 1.82) is 0 Å². The Morgan fingerprint density at radius 2 is 1.42 bits per heavy atom. The van der Waals surface area contributed by atoms with E-state index in [0.717, 1.165) is 15.4 Å². The van der Waals surface area contributed by atoms with E-state index in [0.29, 0.717) is 16.3 Å². The number of nitrogens with one attached hydrogen (secondary N) is 1. The number of carbonyl (C=O) groups is 2. The van der Waals surface area contributed by atoms with Crippen LogP contribution < -0.4 is 9.62 Å². The van der Waals surface area contributed by atoms with E-state index < -0.39 is 28.5 Å². The van der Waals surface area contributed by atoms with E-state index in [-0.39, 0.29) is 29.8 Å². The molecule has 0 aliphatic heterocycles. The zero-order valence-corrected chi connectivity index (χ0v) is 26.1. The number of benzene rings is 4. The second-order valence-corrected chi connectivity index (χ2v) is 13.0. The Balaban J connectivity index is 1.79. The Morgan fingerprint density at radius 1 is 0.814 bits per heavy atom. The normalized spacial score (nSPS) is 12.0. The fraction of sp³-hybridized carbons (Fsp3) is 0.235. The van der Waals surface area contributed by atoms with E-state index in [4.69, 9.17) is 11.6 Å². The molecule has 0 bridgehead atoms. The highest BCUT2D eigenvalue weighted by atomic mass is 35.5. The molecule has 4 rings (SSSR count). The van der Waals surface area contributed by atoms with E-state index in [9.17, 15) is 18.0 Å². The molecule has 43 heavy (non-hydrogen) atoms. The van der Waals surface area contributed by atoms with Gasteiger partial charge in [-0.05, 0) is 68.3 Å². The molecule has 0 saturated carbocycles. The average molecular weight is 618 g/mol. The van der Waals surface area contributed by atoms with Gasteiger partial charge in [0.15, 0.2) is 0 Å². The smallest absolute Gasteiger partial charge is 0.264 e. The van der Waals surface area contributed by atoms with Crippen LogP contribution in [0.4, 0.5) is 5.69 Å². The number of anilines is 1. The van der Waals surface area contributed by atoms with Crippen LogP contribution in [0.5, 0.6) is 0 Å². The van der Waals surface area contributed by atoms with Gasteiger partial charge in [-0.1, -0.05) is 90.0 Å². The molecule has 0 aliphatic carbocycles. The summed E-state index contributed by atoms with van der Waals surface area (Å²) < 4.78 is 29.1. The average Bonchev–Trinajstić information content (AvgIpc) is 2.98. The third-order valence-corrected chi connectivity index (χ3v) is 8.90. The van der Waals surface area contributed by atoms with Crippen LogP contribution in [0.3, 0.4) is 0 Å². The minimum atomic E-state index is -4.13. The first-order valence-electron chi connectivity index (χ1n) is 14.1. The zero-order valence-electron chi connectivity index (χ0n) is 24.5. The second-order valence-electron chi connectivity index (χ2n) is 10.7. The summed E-state index contributed by atoms with van der Waals surface area (Å²) >= 11 is 6.28. The first-order valence-corrected chi connectivity index (χ1v) is 15.9. The van der Waals surface area contributed by atoms with Crippen LogP contribution in [0.1, 0.15) is 30.5 Å². The predicted molar refractivity (Wildman–Crippen MR) is 171 cm³/mol. The molecule has 0 saturated heterocycles. The van der Waals surface area contributed by atoms with Gasteiger partial charge in [0, 0.05) is 24.0 Å². The Labute approximate surface area is 259 Å². The lowest BCUT2D eigenvalue weighted by atomic mass is 10.0. The van der Waals surface area contributed by atoms with Gasteiger partial charge in [-0.15, -0.1) is 0 Å². The fourth-order valence-corrected chi connectivity index (χ4v) is 6.37. The summed E-state index contributed by atoms with van der Waals surface area (Å²) in [4.78, 5) is 29.6. The molecule has 1 N–H and O–H groups in total. The Morgan fingerprint density at radius 3 is 2.02 bits per heavy atom. The number of carbonyl (C=O) groups excluding carboxylic acids is 2. The quantitative estimate of drug-likeness (QED) is 0.211. The SMILES string of the molecule is Cc1ccc(N(CC(=O)N(Cc2cccc(Cl)c2)C(Cc2ccccc2)C(=O)NC(C)C)S(=O)(=O)c2ccccc2)cc1. The van der Waals surface area contributed by atoms with Gasteiger partial charge in [-0.3, -0.25) is 13.9 Å². The maximum absolute atomic E-state index is 14.4. The summed E-state index contributed by atoms with van der Waals surface area (Å²) in [5.41, 5.74) is 2.87. The number of rotatable bonds is 12. The van der Waals surface area contributed by atoms with E-state index in [1.165, 1.54) is 17.0 Å². The summed E-state index contributed by atoms with van der Waals surface area (Å²) in [6.45, 7) is 5.15. The molecule has 0 fully saturated rings. The largest absolute Gasteiger partial charge is 0.352 e. The van der Waals surface area contributed by atoms with Crippen LogP contribution in [0.15, 0.2) is 114 Å². The molecular formula is C34H36ClN3O4S.